The SMILES string of the molecule is CCOC(=O)C(C)(C)C(=O)Nc1ccnc(C(=N)/C=C(\NCc2ccccc2F)c2ccon2)n1. The van der Waals surface area contributed by atoms with Gasteiger partial charge in [-0.3, -0.25) is 15.0 Å². The summed E-state index contributed by atoms with van der Waals surface area (Å²) < 4.78 is 23.9. The van der Waals surface area contributed by atoms with E-state index in [1.165, 1.54) is 44.5 Å². The van der Waals surface area contributed by atoms with E-state index in [0.29, 0.717) is 17.0 Å². The second-order valence-electron chi connectivity index (χ2n) is 7.87. The van der Waals surface area contributed by atoms with Crippen molar-refractivity contribution in [2.45, 2.75) is 27.3 Å². The highest BCUT2D eigenvalue weighted by molar-refractivity contribution is 6.09. The van der Waals surface area contributed by atoms with Gasteiger partial charge in [0.1, 0.15) is 34.7 Å². The maximum atomic E-state index is 14.0. The molecule has 0 spiro atoms. The molecule has 0 aliphatic heterocycles. The number of hydrogen-bond donors (Lipinski definition) is 3. The van der Waals surface area contributed by atoms with E-state index in [2.05, 4.69) is 25.8 Å². The van der Waals surface area contributed by atoms with E-state index in [1.54, 1.807) is 31.2 Å². The molecule has 35 heavy (non-hydrogen) atoms. The lowest BCUT2D eigenvalue weighted by molar-refractivity contribution is -0.157. The Morgan fingerprint density at radius 2 is 2.00 bits per heavy atom. The molecular formula is C24H25FN6O4. The zero-order valence-electron chi connectivity index (χ0n) is 19.5. The van der Waals surface area contributed by atoms with Crippen molar-refractivity contribution >= 4 is 29.1 Å². The summed E-state index contributed by atoms with van der Waals surface area (Å²) in [6.45, 7) is 4.82. The normalized spacial score (nSPS) is 11.6. The molecule has 3 aromatic rings. The predicted octanol–water partition coefficient (Wildman–Crippen LogP) is 3.33. The van der Waals surface area contributed by atoms with E-state index in [1.807, 2.05) is 0 Å². The highest BCUT2D eigenvalue weighted by Crippen LogP contribution is 2.20. The van der Waals surface area contributed by atoms with Gasteiger partial charge < -0.3 is 19.9 Å². The van der Waals surface area contributed by atoms with Crippen molar-refractivity contribution in [2.75, 3.05) is 11.9 Å². The van der Waals surface area contributed by atoms with Crippen LogP contribution in [0.15, 0.2) is 59.5 Å². The molecule has 1 aromatic carbocycles. The minimum atomic E-state index is -1.44. The Labute approximate surface area is 201 Å². The van der Waals surface area contributed by atoms with Crippen LogP contribution >= 0.6 is 0 Å². The molecule has 11 heteroatoms. The van der Waals surface area contributed by atoms with Crippen LogP contribution < -0.4 is 10.6 Å². The number of ether oxygens (including phenoxy) is 1. The van der Waals surface area contributed by atoms with E-state index in [-0.39, 0.29) is 36.3 Å². The Kier molecular flexibility index (Phi) is 8.03. The van der Waals surface area contributed by atoms with Gasteiger partial charge in [0.15, 0.2) is 5.82 Å². The van der Waals surface area contributed by atoms with E-state index in [0.717, 1.165) is 0 Å². The van der Waals surface area contributed by atoms with E-state index < -0.39 is 17.3 Å². The largest absolute Gasteiger partial charge is 0.465 e. The van der Waals surface area contributed by atoms with Crippen LogP contribution in [0.3, 0.4) is 0 Å². The molecule has 0 aliphatic carbocycles. The van der Waals surface area contributed by atoms with Gasteiger partial charge in [-0.1, -0.05) is 23.4 Å². The Morgan fingerprint density at radius 3 is 2.69 bits per heavy atom. The Balaban J connectivity index is 1.79. The third-order valence-electron chi connectivity index (χ3n) is 4.92. The van der Waals surface area contributed by atoms with Crippen molar-refractivity contribution in [3.63, 3.8) is 0 Å². The molecular weight excluding hydrogens is 455 g/mol. The van der Waals surface area contributed by atoms with Gasteiger partial charge in [0, 0.05) is 24.4 Å². The number of nitrogens with one attached hydrogen (secondary N) is 3. The highest BCUT2D eigenvalue weighted by atomic mass is 19.1. The molecule has 0 radical (unpaired) electrons. The van der Waals surface area contributed by atoms with Gasteiger partial charge in [0.2, 0.25) is 5.91 Å². The van der Waals surface area contributed by atoms with Crippen LogP contribution in [-0.2, 0) is 20.9 Å². The second kappa shape index (κ2) is 11.1. The van der Waals surface area contributed by atoms with E-state index in [9.17, 15) is 14.0 Å². The van der Waals surface area contributed by atoms with Gasteiger partial charge >= 0.3 is 5.97 Å². The molecule has 3 rings (SSSR count). The van der Waals surface area contributed by atoms with Crippen molar-refractivity contribution in [1.29, 1.82) is 5.41 Å². The summed E-state index contributed by atoms with van der Waals surface area (Å²) in [5, 5.41) is 17.9. The number of allylic oxidation sites excluding steroid dienone is 1. The molecule has 182 valence electrons. The lowest BCUT2D eigenvalue weighted by Gasteiger charge is -2.21. The average Bonchev–Trinajstić information content (AvgIpc) is 3.37. The van der Waals surface area contributed by atoms with Crippen molar-refractivity contribution in [3.8, 4) is 0 Å². The van der Waals surface area contributed by atoms with E-state index in [4.69, 9.17) is 14.7 Å². The number of hydrogen-bond acceptors (Lipinski definition) is 9. The molecule has 0 bridgehead atoms. The minimum absolute atomic E-state index is 0.00503. The summed E-state index contributed by atoms with van der Waals surface area (Å²) in [7, 11) is 0. The zero-order valence-corrected chi connectivity index (χ0v) is 19.5. The van der Waals surface area contributed by atoms with Crippen LogP contribution in [0.5, 0.6) is 0 Å². The number of benzene rings is 1. The number of aromatic nitrogens is 3. The highest BCUT2D eigenvalue weighted by Gasteiger charge is 2.37. The van der Waals surface area contributed by atoms with Gasteiger partial charge in [-0.25, -0.2) is 14.4 Å². The van der Waals surface area contributed by atoms with Crippen LogP contribution in [0.1, 0.15) is 37.9 Å². The van der Waals surface area contributed by atoms with Gasteiger partial charge in [-0.05, 0) is 39.0 Å². The van der Waals surface area contributed by atoms with Gasteiger partial charge in [0.05, 0.1) is 12.3 Å². The quantitative estimate of drug-likeness (QED) is 0.228. The summed E-state index contributed by atoms with van der Waals surface area (Å²) in [6.07, 6.45) is 4.16. The minimum Gasteiger partial charge on any atom is -0.465 e. The number of anilines is 1. The zero-order chi connectivity index (χ0) is 25.4. The fourth-order valence-electron chi connectivity index (χ4n) is 2.84. The van der Waals surface area contributed by atoms with Crippen molar-refractivity contribution < 1.29 is 23.2 Å². The monoisotopic (exact) mass is 480 g/mol. The van der Waals surface area contributed by atoms with Crippen LogP contribution in [0.2, 0.25) is 0 Å². The summed E-state index contributed by atoms with van der Waals surface area (Å²) in [5.41, 5.74) is -0.339. The molecule has 10 nitrogen and oxygen atoms in total. The lowest BCUT2D eigenvalue weighted by Crippen LogP contribution is -2.39. The summed E-state index contributed by atoms with van der Waals surface area (Å²) in [6, 6.07) is 9.34. The first-order valence-corrected chi connectivity index (χ1v) is 10.7. The maximum absolute atomic E-state index is 14.0. The summed E-state index contributed by atoms with van der Waals surface area (Å²) in [5.74, 6) is -1.53. The smallest absolute Gasteiger partial charge is 0.321 e. The van der Waals surface area contributed by atoms with Crippen LogP contribution in [0, 0.1) is 16.6 Å². The number of carbonyl (C=O) groups excluding carboxylic acids is 2. The Bertz CT molecular complexity index is 1240. The molecule has 2 heterocycles. The molecule has 0 saturated heterocycles. The third-order valence-corrected chi connectivity index (χ3v) is 4.92. The first-order chi connectivity index (χ1) is 16.7. The number of nitrogens with zero attached hydrogens (tertiary/aromatic N) is 3. The Morgan fingerprint density at radius 1 is 1.23 bits per heavy atom. The van der Waals surface area contributed by atoms with E-state index >= 15 is 0 Å². The van der Waals surface area contributed by atoms with Crippen molar-refractivity contribution in [3.05, 3.63) is 77.8 Å². The fraction of sp³-hybridized carbons (Fsp3) is 0.250. The second-order valence-corrected chi connectivity index (χ2v) is 7.87. The topological polar surface area (TPSA) is 143 Å². The van der Waals surface area contributed by atoms with Crippen LogP contribution in [0.4, 0.5) is 10.2 Å². The average molecular weight is 481 g/mol. The summed E-state index contributed by atoms with van der Waals surface area (Å²) in [4.78, 5) is 33.0. The first-order valence-electron chi connectivity index (χ1n) is 10.7. The number of amides is 1. The molecule has 0 fully saturated rings. The standard InChI is InChI=1S/C24H25FN6O4/c1-4-34-23(33)24(2,3)22(32)30-20-9-11-27-21(29-20)17(26)13-19(18-10-12-35-31-18)28-14-15-7-5-6-8-16(15)25/h5-13,26,28H,4,14H2,1-3H3,(H,27,29,30,32)/b19-13-,26-17?. The van der Waals surface area contributed by atoms with Crippen LogP contribution in [-0.4, -0.2) is 39.3 Å². The molecule has 0 unspecified atom stereocenters. The first kappa shape index (κ1) is 25.2. The summed E-state index contributed by atoms with van der Waals surface area (Å²) >= 11 is 0. The Hall–Kier alpha value is -4.41. The molecule has 0 atom stereocenters. The number of halogens is 1. The fourth-order valence-corrected chi connectivity index (χ4v) is 2.84. The molecule has 0 saturated carbocycles. The molecule has 2 aromatic heterocycles. The third kappa shape index (κ3) is 6.34. The van der Waals surface area contributed by atoms with Gasteiger partial charge in [-0.15, -0.1) is 0 Å². The molecule has 0 aliphatic rings. The number of carbonyl (C=O) groups is 2. The maximum Gasteiger partial charge on any atom is 0.321 e. The molecule has 1 amide bonds. The molecule has 3 N–H and O–H groups in total. The lowest BCUT2D eigenvalue weighted by atomic mass is 9.92. The number of rotatable bonds is 10. The number of esters is 1. The van der Waals surface area contributed by atoms with Crippen molar-refractivity contribution in [2.24, 2.45) is 5.41 Å². The predicted molar refractivity (Wildman–Crippen MR) is 126 cm³/mol. The van der Waals surface area contributed by atoms with Gasteiger partial charge in [-0.2, -0.15) is 0 Å². The van der Waals surface area contributed by atoms with Gasteiger partial charge in [0.25, 0.3) is 0 Å². The van der Waals surface area contributed by atoms with Crippen LogP contribution in [0.25, 0.3) is 5.70 Å². The van der Waals surface area contributed by atoms with Crippen molar-refractivity contribution in [1.82, 2.24) is 20.4 Å².